The number of aliphatic hydroxyl groups excluding tert-OH is 2. The Morgan fingerprint density at radius 2 is 2.38 bits per heavy atom. The number of nitrogens with zero attached hydrogens (tertiary/aromatic N) is 3. The molecule has 1 saturated heterocycles. The number of hydrogen-bond donors (Lipinski definition) is 3. The summed E-state index contributed by atoms with van der Waals surface area (Å²) in [5.74, 6) is 0.145. The highest BCUT2D eigenvalue weighted by Crippen LogP contribution is 2.27. The summed E-state index contributed by atoms with van der Waals surface area (Å²) in [5, 5.41) is 27.3. The van der Waals surface area contributed by atoms with Crippen molar-refractivity contribution < 1.29 is 14.9 Å². The standard InChI is InChI=1S/C13H18N4O4/c14-4-2-1-3-8-6-17(13(20)16-12(8)15)11-5-9(19)10(7-18)21-11/h6,9-11,18-19H,1-3,5,7H2,(H2,15,16,20)/t9-,10+,11+/m0/s1. The summed E-state index contributed by atoms with van der Waals surface area (Å²) in [6.45, 7) is -0.316. The average molecular weight is 294 g/mol. The van der Waals surface area contributed by atoms with Gasteiger partial charge < -0.3 is 20.7 Å². The van der Waals surface area contributed by atoms with Crippen molar-refractivity contribution in [3.8, 4) is 6.07 Å². The van der Waals surface area contributed by atoms with Gasteiger partial charge >= 0.3 is 5.69 Å². The molecule has 1 aliphatic rings. The largest absolute Gasteiger partial charge is 0.394 e. The van der Waals surface area contributed by atoms with Crippen molar-refractivity contribution in [1.82, 2.24) is 9.55 Å². The molecule has 8 heteroatoms. The summed E-state index contributed by atoms with van der Waals surface area (Å²) in [5.41, 5.74) is 5.81. The van der Waals surface area contributed by atoms with Crippen LogP contribution in [0.1, 0.15) is 31.1 Å². The molecule has 1 aromatic rings. The lowest BCUT2D eigenvalue weighted by Gasteiger charge is -2.16. The lowest BCUT2D eigenvalue weighted by Crippen LogP contribution is -2.29. The zero-order chi connectivity index (χ0) is 15.4. The first-order chi connectivity index (χ1) is 10.1. The van der Waals surface area contributed by atoms with Gasteiger partial charge in [0.15, 0.2) is 0 Å². The molecule has 0 aliphatic carbocycles. The summed E-state index contributed by atoms with van der Waals surface area (Å²) in [6.07, 6.45) is 1.09. The predicted octanol–water partition coefficient (Wildman–Crippen LogP) is -0.688. The number of aromatic nitrogens is 2. The van der Waals surface area contributed by atoms with Gasteiger partial charge in [0.2, 0.25) is 0 Å². The molecule has 2 heterocycles. The highest BCUT2D eigenvalue weighted by Gasteiger charge is 2.35. The average Bonchev–Trinajstić information content (AvgIpc) is 2.82. The van der Waals surface area contributed by atoms with E-state index in [1.54, 1.807) is 6.20 Å². The van der Waals surface area contributed by atoms with Crippen LogP contribution in [0, 0.1) is 11.3 Å². The third-order valence-electron chi connectivity index (χ3n) is 3.49. The van der Waals surface area contributed by atoms with Crippen molar-refractivity contribution in [2.24, 2.45) is 0 Å². The molecule has 0 aromatic carbocycles. The van der Waals surface area contributed by atoms with Gasteiger partial charge in [0.05, 0.1) is 18.8 Å². The SMILES string of the molecule is N#CCCCc1cn([C@H]2C[C@H](O)[C@@H](CO)O2)c(=O)nc1N. The number of aliphatic hydroxyl groups is 2. The number of ether oxygens (including phenoxy) is 1. The minimum Gasteiger partial charge on any atom is -0.394 e. The van der Waals surface area contributed by atoms with Crippen LogP contribution in [0.2, 0.25) is 0 Å². The summed E-state index contributed by atoms with van der Waals surface area (Å²) >= 11 is 0. The van der Waals surface area contributed by atoms with Crippen molar-refractivity contribution in [2.75, 3.05) is 12.3 Å². The van der Waals surface area contributed by atoms with Gasteiger partial charge in [-0.15, -0.1) is 0 Å². The van der Waals surface area contributed by atoms with Crippen molar-refractivity contribution in [2.45, 2.75) is 44.1 Å². The first-order valence-electron chi connectivity index (χ1n) is 6.75. The Morgan fingerprint density at radius 1 is 1.62 bits per heavy atom. The van der Waals surface area contributed by atoms with E-state index >= 15 is 0 Å². The molecule has 2 rings (SSSR count). The summed E-state index contributed by atoms with van der Waals surface area (Å²) in [4.78, 5) is 15.7. The van der Waals surface area contributed by atoms with Gasteiger partial charge in [0.1, 0.15) is 18.1 Å². The molecule has 0 bridgehead atoms. The Labute approximate surface area is 121 Å². The van der Waals surface area contributed by atoms with Crippen LogP contribution in [0.4, 0.5) is 5.82 Å². The third kappa shape index (κ3) is 3.39. The van der Waals surface area contributed by atoms with Gasteiger partial charge in [-0.1, -0.05) is 0 Å². The summed E-state index contributed by atoms with van der Waals surface area (Å²) in [7, 11) is 0. The van der Waals surface area contributed by atoms with E-state index in [-0.39, 0.29) is 18.8 Å². The zero-order valence-electron chi connectivity index (χ0n) is 11.5. The van der Waals surface area contributed by atoms with Crippen LogP contribution in [-0.4, -0.2) is 38.6 Å². The van der Waals surface area contributed by atoms with E-state index in [0.717, 1.165) is 0 Å². The number of anilines is 1. The lowest BCUT2D eigenvalue weighted by atomic mass is 10.1. The lowest BCUT2D eigenvalue weighted by molar-refractivity contribution is -0.0459. The number of nitrogen functional groups attached to an aromatic ring is 1. The van der Waals surface area contributed by atoms with E-state index in [1.165, 1.54) is 4.57 Å². The fraction of sp³-hybridized carbons (Fsp3) is 0.615. The second kappa shape index (κ2) is 6.67. The number of aryl methyl sites for hydroxylation is 1. The van der Waals surface area contributed by atoms with Crippen molar-refractivity contribution >= 4 is 5.82 Å². The van der Waals surface area contributed by atoms with Crippen LogP contribution in [0.5, 0.6) is 0 Å². The first kappa shape index (κ1) is 15.4. The van der Waals surface area contributed by atoms with Crippen molar-refractivity contribution in [3.63, 3.8) is 0 Å². The van der Waals surface area contributed by atoms with Gasteiger partial charge in [-0.25, -0.2) is 4.79 Å². The third-order valence-corrected chi connectivity index (χ3v) is 3.49. The molecule has 1 fully saturated rings. The second-order valence-corrected chi connectivity index (χ2v) is 4.97. The first-order valence-corrected chi connectivity index (χ1v) is 6.75. The molecular weight excluding hydrogens is 276 g/mol. The number of rotatable bonds is 5. The molecule has 21 heavy (non-hydrogen) atoms. The number of hydrogen-bond acceptors (Lipinski definition) is 7. The fourth-order valence-electron chi connectivity index (χ4n) is 2.33. The maximum atomic E-state index is 11.9. The Hall–Kier alpha value is -1.95. The molecule has 8 nitrogen and oxygen atoms in total. The van der Waals surface area contributed by atoms with Crippen LogP contribution in [0.15, 0.2) is 11.0 Å². The molecular formula is C13H18N4O4. The van der Waals surface area contributed by atoms with Crippen LogP contribution >= 0.6 is 0 Å². The smallest absolute Gasteiger partial charge is 0.351 e. The monoisotopic (exact) mass is 294 g/mol. The summed E-state index contributed by atoms with van der Waals surface area (Å²) in [6, 6.07) is 2.04. The van der Waals surface area contributed by atoms with Crippen molar-refractivity contribution in [1.29, 1.82) is 5.26 Å². The maximum absolute atomic E-state index is 11.9. The maximum Gasteiger partial charge on any atom is 0.351 e. The molecule has 0 spiro atoms. The number of unbranched alkanes of at least 4 members (excludes halogenated alkanes) is 1. The van der Waals surface area contributed by atoms with E-state index in [4.69, 9.17) is 20.8 Å². The van der Waals surface area contributed by atoms with Gasteiger partial charge in [-0.05, 0) is 12.8 Å². The second-order valence-electron chi connectivity index (χ2n) is 4.97. The van der Waals surface area contributed by atoms with Gasteiger partial charge in [0.25, 0.3) is 0 Å². The molecule has 114 valence electrons. The van der Waals surface area contributed by atoms with Gasteiger partial charge in [-0.3, -0.25) is 4.57 Å². The fourth-order valence-corrected chi connectivity index (χ4v) is 2.33. The molecule has 4 N–H and O–H groups in total. The van der Waals surface area contributed by atoms with E-state index < -0.39 is 24.1 Å². The van der Waals surface area contributed by atoms with Crippen LogP contribution in [0.25, 0.3) is 0 Å². The topological polar surface area (TPSA) is 134 Å². The van der Waals surface area contributed by atoms with Crippen LogP contribution < -0.4 is 11.4 Å². The van der Waals surface area contributed by atoms with Crippen LogP contribution in [-0.2, 0) is 11.2 Å². The highest BCUT2D eigenvalue weighted by molar-refractivity contribution is 5.36. The van der Waals surface area contributed by atoms with Gasteiger partial charge in [0, 0.05) is 24.6 Å². The molecule has 1 aromatic heterocycles. The molecule has 1 aliphatic heterocycles. The van der Waals surface area contributed by atoms with E-state index in [9.17, 15) is 9.90 Å². The molecule has 3 atom stereocenters. The molecule has 0 unspecified atom stereocenters. The number of nitriles is 1. The Bertz CT molecular complexity index is 595. The van der Waals surface area contributed by atoms with Crippen molar-refractivity contribution in [3.05, 3.63) is 22.2 Å². The Morgan fingerprint density at radius 3 is 3.00 bits per heavy atom. The Balaban J connectivity index is 2.22. The van der Waals surface area contributed by atoms with E-state index in [0.29, 0.717) is 24.8 Å². The highest BCUT2D eigenvalue weighted by atomic mass is 16.5. The minimum absolute atomic E-state index is 0.145. The van der Waals surface area contributed by atoms with Crippen LogP contribution in [0.3, 0.4) is 0 Å². The molecule has 0 amide bonds. The zero-order valence-corrected chi connectivity index (χ0v) is 11.5. The van der Waals surface area contributed by atoms with E-state index in [1.807, 2.05) is 6.07 Å². The normalized spacial score (nSPS) is 24.9. The van der Waals surface area contributed by atoms with Gasteiger partial charge in [-0.2, -0.15) is 10.2 Å². The predicted molar refractivity (Wildman–Crippen MR) is 73.1 cm³/mol. The number of nitrogens with two attached hydrogens (primary N) is 1. The quantitative estimate of drug-likeness (QED) is 0.612. The van der Waals surface area contributed by atoms with E-state index in [2.05, 4.69) is 4.98 Å². The molecule has 0 saturated carbocycles. The Kier molecular flexibility index (Phi) is 4.90. The molecule has 0 radical (unpaired) electrons. The minimum atomic E-state index is -0.827. The summed E-state index contributed by atoms with van der Waals surface area (Å²) < 4.78 is 6.71.